The second kappa shape index (κ2) is 6.49. The molecule has 0 aliphatic heterocycles. The smallest absolute Gasteiger partial charge is 0.138 e. The van der Waals surface area contributed by atoms with E-state index in [0.29, 0.717) is 5.02 Å². The Labute approximate surface area is 162 Å². The summed E-state index contributed by atoms with van der Waals surface area (Å²) in [5.41, 5.74) is 3.25. The molecule has 4 aromatic carbocycles. The summed E-state index contributed by atoms with van der Waals surface area (Å²) < 4.78 is 8.46. The molecule has 0 aliphatic rings. The first-order chi connectivity index (χ1) is 13.3. The van der Waals surface area contributed by atoms with E-state index in [4.69, 9.17) is 16.3 Å². The predicted octanol–water partition coefficient (Wildman–Crippen LogP) is 7.23. The molecule has 0 unspecified atom stereocenters. The number of aromatic nitrogens is 1. The highest BCUT2D eigenvalue weighted by atomic mass is 35.5. The molecule has 0 amide bonds. The van der Waals surface area contributed by atoms with Crippen molar-refractivity contribution in [3.05, 3.63) is 102 Å². The largest absolute Gasteiger partial charge is 0.457 e. The molecule has 0 atom stereocenters. The van der Waals surface area contributed by atoms with Crippen molar-refractivity contribution in [1.82, 2.24) is 4.57 Å². The third kappa shape index (κ3) is 2.75. The fourth-order valence-corrected chi connectivity index (χ4v) is 3.78. The monoisotopic (exact) mass is 369 g/mol. The first-order valence-corrected chi connectivity index (χ1v) is 9.20. The maximum atomic E-state index is 6.48. The minimum Gasteiger partial charge on any atom is -0.457 e. The summed E-state index contributed by atoms with van der Waals surface area (Å²) in [4.78, 5) is 0. The van der Waals surface area contributed by atoms with Crippen LogP contribution in [0.4, 0.5) is 0 Å². The summed E-state index contributed by atoms with van der Waals surface area (Å²) in [6, 6.07) is 32.4. The molecule has 0 radical (unpaired) electrons. The molecule has 0 spiro atoms. The fraction of sp³-hybridized carbons (Fsp3) is 0. The number of rotatable bonds is 3. The van der Waals surface area contributed by atoms with E-state index in [2.05, 4.69) is 41.0 Å². The van der Waals surface area contributed by atoms with Crippen molar-refractivity contribution in [3.8, 4) is 17.2 Å². The normalized spacial score (nSPS) is 11.1. The van der Waals surface area contributed by atoms with Gasteiger partial charge in [0.25, 0.3) is 0 Å². The number of hydrogen-bond acceptors (Lipinski definition) is 1. The molecule has 0 aliphatic carbocycles. The van der Waals surface area contributed by atoms with Gasteiger partial charge in [-0.1, -0.05) is 66.2 Å². The molecule has 0 N–H and O–H groups in total. The molecule has 1 aromatic heterocycles. The highest BCUT2D eigenvalue weighted by molar-refractivity contribution is 6.32. The van der Waals surface area contributed by atoms with Gasteiger partial charge in [0.1, 0.15) is 11.5 Å². The zero-order valence-electron chi connectivity index (χ0n) is 14.5. The van der Waals surface area contributed by atoms with Crippen molar-refractivity contribution < 1.29 is 4.74 Å². The van der Waals surface area contributed by atoms with Crippen LogP contribution in [0.5, 0.6) is 11.5 Å². The minimum atomic E-state index is 0.647. The zero-order chi connectivity index (χ0) is 18.2. The SMILES string of the molecule is Clc1cc(Oc2ccccc2)c2c3ccccc3n(-c3ccccc3)c2c1. The minimum absolute atomic E-state index is 0.647. The van der Waals surface area contributed by atoms with Crippen LogP contribution >= 0.6 is 11.6 Å². The van der Waals surface area contributed by atoms with Gasteiger partial charge in [0.2, 0.25) is 0 Å². The average molecular weight is 370 g/mol. The fourth-order valence-electron chi connectivity index (χ4n) is 3.58. The maximum Gasteiger partial charge on any atom is 0.138 e. The van der Waals surface area contributed by atoms with Gasteiger partial charge >= 0.3 is 0 Å². The van der Waals surface area contributed by atoms with Gasteiger partial charge in [0, 0.05) is 22.2 Å². The Bertz CT molecular complexity index is 1240. The van der Waals surface area contributed by atoms with Crippen LogP contribution in [0.3, 0.4) is 0 Å². The summed E-state index contributed by atoms with van der Waals surface area (Å²) >= 11 is 6.48. The molecule has 5 aromatic rings. The van der Waals surface area contributed by atoms with Gasteiger partial charge in [0.05, 0.1) is 16.4 Å². The van der Waals surface area contributed by atoms with Crippen LogP contribution in [0.25, 0.3) is 27.5 Å². The molecular formula is C24H16ClNO. The van der Waals surface area contributed by atoms with Crippen molar-refractivity contribution in [2.75, 3.05) is 0 Å². The lowest BCUT2D eigenvalue weighted by atomic mass is 10.1. The molecular weight excluding hydrogens is 354 g/mol. The number of halogens is 1. The Morgan fingerprint density at radius 2 is 1.33 bits per heavy atom. The van der Waals surface area contributed by atoms with E-state index >= 15 is 0 Å². The number of ether oxygens (including phenoxy) is 1. The van der Waals surface area contributed by atoms with Crippen molar-refractivity contribution in [2.45, 2.75) is 0 Å². The van der Waals surface area contributed by atoms with Crippen molar-refractivity contribution in [3.63, 3.8) is 0 Å². The summed E-state index contributed by atoms with van der Waals surface area (Å²) in [5.74, 6) is 1.55. The zero-order valence-corrected chi connectivity index (χ0v) is 15.2. The highest BCUT2D eigenvalue weighted by Crippen LogP contribution is 2.41. The quantitative estimate of drug-likeness (QED) is 0.327. The van der Waals surface area contributed by atoms with E-state index in [0.717, 1.165) is 39.0 Å². The number of fused-ring (bicyclic) bond motifs is 3. The van der Waals surface area contributed by atoms with Crippen LogP contribution in [0, 0.1) is 0 Å². The van der Waals surface area contributed by atoms with Crippen molar-refractivity contribution in [1.29, 1.82) is 0 Å². The highest BCUT2D eigenvalue weighted by Gasteiger charge is 2.17. The second-order valence-electron chi connectivity index (χ2n) is 6.40. The molecule has 5 rings (SSSR count). The van der Waals surface area contributed by atoms with Gasteiger partial charge in [-0.05, 0) is 36.4 Å². The molecule has 1 heterocycles. The topological polar surface area (TPSA) is 14.2 Å². The van der Waals surface area contributed by atoms with Crippen LogP contribution in [-0.4, -0.2) is 4.57 Å². The number of para-hydroxylation sites is 3. The summed E-state index contributed by atoms with van der Waals surface area (Å²) in [5, 5.41) is 2.84. The summed E-state index contributed by atoms with van der Waals surface area (Å²) in [6.45, 7) is 0. The van der Waals surface area contributed by atoms with Crippen LogP contribution in [0.1, 0.15) is 0 Å². The van der Waals surface area contributed by atoms with E-state index in [9.17, 15) is 0 Å². The average Bonchev–Trinajstić information content (AvgIpc) is 3.03. The first kappa shape index (κ1) is 16.0. The van der Waals surface area contributed by atoms with Crippen molar-refractivity contribution in [2.24, 2.45) is 0 Å². The third-order valence-electron chi connectivity index (χ3n) is 4.69. The van der Waals surface area contributed by atoms with E-state index in [1.54, 1.807) is 0 Å². The Hall–Kier alpha value is -3.23. The van der Waals surface area contributed by atoms with E-state index in [1.165, 1.54) is 0 Å². The lowest BCUT2D eigenvalue weighted by Gasteiger charge is -2.10. The van der Waals surface area contributed by atoms with E-state index < -0.39 is 0 Å². The Morgan fingerprint density at radius 3 is 2.11 bits per heavy atom. The van der Waals surface area contributed by atoms with Crippen LogP contribution in [-0.2, 0) is 0 Å². The lowest BCUT2D eigenvalue weighted by molar-refractivity contribution is 0.488. The molecule has 0 saturated heterocycles. The Kier molecular flexibility index (Phi) is 3.84. The van der Waals surface area contributed by atoms with Crippen molar-refractivity contribution >= 4 is 33.4 Å². The standard InChI is InChI=1S/C24H16ClNO/c25-17-15-22-24(23(16-17)27-19-11-5-2-6-12-19)20-13-7-8-14-21(20)26(22)18-9-3-1-4-10-18/h1-16H. The van der Waals surface area contributed by atoms with Crippen LogP contribution in [0.15, 0.2) is 97.1 Å². The van der Waals surface area contributed by atoms with E-state index in [1.807, 2.05) is 60.7 Å². The molecule has 27 heavy (non-hydrogen) atoms. The molecule has 0 saturated carbocycles. The van der Waals surface area contributed by atoms with E-state index in [-0.39, 0.29) is 0 Å². The number of benzene rings is 4. The summed E-state index contributed by atoms with van der Waals surface area (Å²) in [7, 11) is 0. The van der Waals surface area contributed by atoms with Gasteiger partial charge in [-0.15, -0.1) is 0 Å². The van der Waals surface area contributed by atoms with Gasteiger partial charge in [0.15, 0.2) is 0 Å². The lowest BCUT2D eigenvalue weighted by Crippen LogP contribution is -1.93. The molecule has 0 fully saturated rings. The van der Waals surface area contributed by atoms with Crippen LogP contribution in [0.2, 0.25) is 5.02 Å². The summed E-state index contributed by atoms with van der Waals surface area (Å²) in [6.07, 6.45) is 0. The Morgan fingerprint density at radius 1 is 0.667 bits per heavy atom. The van der Waals surface area contributed by atoms with Gasteiger partial charge < -0.3 is 9.30 Å². The second-order valence-corrected chi connectivity index (χ2v) is 6.84. The van der Waals surface area contributed by atoms with Gasteiger partial charge in [-0.3, -0.25) is 0 Å². The molecule has 130 valence electrons. The molecule has 3 heteroatoms. The third-order valence-corrected chi connectivity index (χ3v) is 4.90. The van der Waals surface area contributed by atoms with Gasteiger partial charge in [-0.25, -0.2) is 0 Å². The van der Waals surface area contributed by atoms with Crippen LogP contribution < -0.4 is 4.74 Å². The Balaban J connectivity index is 1.86. The number of hydrogen-bond donors (Lipinski definition) is 0. The maximum absolute atomic E-state index is 6.48. The molecule has 0 bridgehead atoms. The molecule has 2 nitrogen and oxygen atoms in total. The number of nitrogens with zero attached hydrogens (tertiary/aromatic N) is 1. The predicted molar refractivity (Wildman–Crippen MR) is 112 cm³/mol. The van der Waals surface area contributed by atoms with Gasteiger partial charge in [-0.2, -0.15) is 0 Å². The first-order valence-electron chi connectivity index (χ1n) is 8.82.